The van der Waals surface area contributed by atoms with E-state index >= 15 is 0 Å². The third-order valence-corrected chi connectivity index (χ3v) is 24.5. The van der Waals surface area contributed by atoms with Gasteiger partial charge in [0.15, 0.2) is 0 Å². The first-order valence-corrected chi connectivity index (χ1v) is 38.4. The number of rotatable bonds is 12. The molecule has 18 aromatic carbocycles. The van der Waals surface area contributed by atoms with Gasteiger partial charge in [-0.15, -0.1) is 22.7 Å². The van der Waals surface area contributed by atoms with Crippen LogP contribution in [0.3, 0.4) is 0 Å². The molecule has 0 aliphatic carbocycles. The van der Waals surface area contributed by atoms with Crippen LogP contribution in [0.2, 0.25) is 0 Å². The molecular weight excluding hydrogens is 1330 g/mol. The lowest BCUT2D eigenvalue weighted by Crippen LogP contribution is -1.95. The number of nitrogens with zero attached hydrogens (tertiary/aromatic N) is 1. The van der Waals surface area contributed by atoms with Crippen molar-refractivity contribution >= 4 is 106 Å². The molecule has 3 heteroatoms. The number of thiophene rings is 2. The van der Waals surface area contributed by atoms with Gasteiger partial charge in [-0.2, -0.15) is 0 Å². The zero-order chi connectivity index (χ0) is 70.5. The summed E-state index contributed by atoms with van der Waals surface area (Å²) in [5.74, 6) is 0. The van der Waals surface area contributed by atoms with Crippen molar-refractivity contribution in [3.63, 3.8) is 0 Å². The van der Waals surface area contributed by atoms with E-state index in [1.807, 2.05) is 22.7 Å². The smallest absolute Gasteiger partial charge is 0.0547 e. The first kappa shape index (κ1) is 62.3. The number of fused-ring (bicyclic) bond motifs is 11. The van der Waals surface area contributed by atoms with Crippen molar-refractivity contribution in [1.29, 1.82) is 0 Å². The van der Waals surface area contributed by atoms with Crippen LogP contribution in [0.4, 0.5) is 0 Å². The van der Waals surface area contributed by atoms with Crippen molar-refractivity contribution in [1.82, 2.24) is 4.57 Å². The fourth-order valence-corrected chi connectivity index (χ4v) is 19.6. The maximum absolute atomic E-state index is 2.57. The van der Waals surface area contributed by atoms with Crippen molar-refractivity contribution in [3.05, 3.63) is 394 Å². The standard InChI is InChI=1S/C104H65NS2/c1-9-28-66(29-10-1)78-56-88(70-36-17-5-18-37-70)101-93(60-78)95-62-80(68-32-13-3-14-33-68)58-90(103(95)106-101)76-49-51-83-84-52-50-77(91-59-81(69-34-15-4-16-35-69)63-96-94-61-79(67-30-11-2-12-31-67)57-89(102(94)107-104(91)96)71-38-19-6-20-39-71)65-98(84)105(97(83)64-76)82-45-27-44-74(54-82)75-48-53-87-92(55-75)100(73-42-23-8-24-43-73)86-47-26-25-46-85(86)99(87)72-40-21-7-22-41-72/h1-65H. The molecule has 3 heterocycles. The molecule has 0 saturated heterocycles. The first-order chi connectivity index (χ1) is 53.0. The molecule has 0 atom stereocenters. The second kappa shape index (κ2) is 25.8. The molecule has 498 valence electrons. The van der Waals surface area contributed by atoms with Crippen LogP contribution in [0.25, 0.3) is 212 Å². The minimum atomic E-state index is 1.08. The summed E-state index contributed by atoms with van der Waals surface area (Å²) in [7, 11) is 0. The van der Waals surface area contributed by atoms with Crippen LogP contribution in [0.15, 0.2) is 394 Å². The number of hydrogen-bond donors (Lipinski definition) is 0. The molecular formula is C104H65NS2. The topological polar surface area (TPSA) is 4.93 Å². The molecule has 0 aliphatic rings. The Morgan fingerprint density at radius 1 is 0.150 bits per heavy atom. The van der Waals surface area contributed by atoms with E-state index < -0.39 is 0 Å². The van der Waals surface area contributed by atoms with E-state index in [-0.39, 0.29) is 0 Å². The maximum atomic E-state index is 2.57. The van der Waals surface area contributed by atoms with Gasteiger partial charge in [0.2, 0.25) is 0 Å². The van der Waals surface area contributed by atoms with Crippen LogP contribution >= 0.6 is 22.7 Å². The molecule has 0 radical (unpaired) electrons. The summed E-state index contributed by atoms with van der Waals surface area (Å²) >= 11 is 3.84. The molecule has 0 aliphatic heterocycles. The SMILES string of the molecule is c1ccc(-c2cc(-c3ccccc3)c3sc4c(-c5ccc6c7ccc(-c8cc(-c9ccccc9)cc9c8sc8c(-c%10ccccc%10)cc(-c%10ccccc%10)cc89)cc7n(-c7cccc(-c8ccc9c(-c%10ccccc%10)c%10ccccc%10c(-c%10ccccc%10)c9c8)c7)c6c5)cc(-c5ccccc5)cc4c3c2)cc1. The average Bonchev–Trinajstić information content (AvgIpc) is 1.66. The molecule has 0 unspecified atom stereocenters. The highest BCUT2D eigenvalue weighted by Gasteiger charge is 2.25. The Morgan fingerprint density at radius 2 is 0.421 bits per heavy atom. The summed E-state index contributed by atoms with van der Waals surface area (Å²) in [6.45, 7) is 0. The van der Waals surface area contributed by atoms with Crippen LogP contribution in [0, 0.1) is 0 Å². The third kappa shape index (κ3) is 10.7. The van der Waals surface area contributed by atoms with Crippen LogP contribution < -0.4 is 0 Å². The fourth-order valence-electron chi connectivity index (χ4n) is 16.9. The lowest BCUT2D eigenvalue weighted by Gasteiger charge is -2.19. The minimum Gasteiger partial charge on any atom is -0.309 e. The zero-order valence-corrected chi connectivity index (χ0v) is 59.9. The normalized spacial score (nSPS) is 11.7. The molecule has 3 aromatic heterocycles. The van der Waals surface area contributed by atoms with Crippen molar-refractivity contribution in [2.75, 3.05) is 0 Å². The van der Waals surface area contributed by atoms with Crippen LogP contribution in [-0.4, -0.2) is 4.57 Å². The third-order valence-electron chi connectivity index (χ3n) is 21.9. The van der Waals surface area contributed by atoms with E-state index in [0.29, 0.717) is 0 Å². The van der Waals surface area contributed by atoms with Gasteiger partial charge in [-0.3, -0.25) is 0 Å². The monoisotopic (exact) mass is 1390 g/mol. The number of benzene rings is 18. The van der Waals surface area contributed by atoms with Gasteiger partial charge in [0.1, 0.15) is 0 Å². The zero-order valence-electron chi connectivity index (χ0n) is 58.3. The Hall–Kier alpha value is -13.3. The summed E-state index contributed by atoms with van der Waals surface area (Å²) < 4.78 is 7.66. The summed E-state index contributed by atoms with van der Waals surface area (Å²) in [6.07, 6.45) is 0. The summed E-state index contributed by atoms with van der Waals surface area (Å²) in [5.41, 5.74) is 29.7. The predicted molar refractivity (Wildman–Crippen MR) is 461 cm³/mol. The Morgan fingerprint density at radius 3 is 0.794 bits per heavy atom. The van der Waals surface area contributed by atoms with Gasteiger partial charge in [0.25, 0.3) is 0 Å². The first-order valence-electron chi connectivity index (χ1n) is 36.8. The van der Waals surface area contributed by atoms with Gasteiger partial charge in [-0.1, -0.05) is 315 Å². The molecule has 21 aromatic rings. The molecule has 0 amide bonds. The molecule has 0 saturated carbocycles. The summed E-state index contributed by atoms with van der Waals surface area (Å²) in [6, 6.07) is 147. The van der Waals surface area contributed by atoms with Gasteiger partial charge >= 0.3 is 0 Å². The van der Waals surface area contributed by atoms with Crippen molar-refractivity contribution in [3.8, 4) is 128 Å². The van der Waals surface area contributed by atoms with E-state index in [9.17, 15) is 0 Å². The summed E-state index contributed by atoms with van der Waals surface area (Å²) in [4.78, 5) is 0. The van der Waals surface area contributed by atoms with Crippen LogP contribution in [0.5, 0.6) is 0 Å². The van der Waals surface area contributed by atoms with E-state index in [1.165, 1.54) is 173 Å². The van der Waals surface area contributed by atoms with Gasteiger partial charge in [-0.05, 0) is 201 Å². The van der Waals surface area contributed by atoms with Crippen LogP contribution in [-0.2, 0) is 0 Å². The number of aromatic nitrogens is 1. The van der Waals surface area contributed by atoms with Gasteiger partial charge in [0, 0.05) is 79.1 Å². The molecule has 107 heavy (non-hydrogen) atoms. The Bertz CT molecular complexity index is 6740. The molecule has 1 nitrogen and oxygen atoms in total. The van der Waals surface area contributed by atoms with Gasteiger partial charge in [0.05, 0.1) is 11.0 Å². The maximum Gasteiger partial charge on any atom is 0.0547 e. The Balaban J connectivity index is 0.829. The quantitative estimate of drug-likeness (QED) is 0.107. The van der Waals surface area contributed by atoms with Gasteiger partial charge in [-0.25, -0.2) is 0 Å². The van der Waals surface area contributed by atoms with Crippen molar-refractivity contribution in [2.45, 2.75) is 0 Å². The molecule has 0 spiro atoms. The van der Waals surface area contributed by atoms with E-state index in [2.05, 4.69) is 399 Å². The highest BCUT2D eigenvalue weighted by Crippen LogP contribution is 2.52. The second-order valence-corrected chi connectivity index (χ2v) is 30.2. The Kier molecular flexibility index (Phi) is 15.0. The largest absolute Gasteiger partial charge is 0.309 e. The molecule has 21 rings (SSSR count). The van der Waals surface area contributed by atoms with Crippen molar-refractivity contribution < 1.29 is 0 Å². The summed E-state index contributed by atoms with van der Waals surface area (Å²) in [5, 5.41) is 12.3. The molecule has 0 bridgehead atoms. The highest BCUT2D eigenvalue weighted by atomic mass is 32.1. The predicted octanol–water partition coefficient (Wildman–Crippen LogP) is 30.2. The molecule has 0 N–H and O–H groups in total. The number of hydrogen-bond acceptors (Lipinski definition) is 2. The van der Waals surface area contributed by atoms with E-state index in [4.69, 9.17) is 0 Å². The Labute approximate surface area is 628 Å². The van der Waals surface area contributed by atoms with E-state index in [1.54, 1.807) is 0 Å². The lowest BCUT2D eigenvalue weighted by molar-refractivity contribution is 1.18. The van der Waals surface area contributed by atoms with Gasteiger partial charge < -0.3 is 4.57 Å². The van der Waals surface area contributed by atoms with Crippen molar-refractivity contribution in [2.24, 2.45) is 0 Å². The molecule has 0 fully saturated rings. The minimum absolute atomic E-state index is 1.08. The fraction of sp³-hybridized carbons (Fsp3) is 0. The van der Waals surface area contributed by atoms with E-state index in [0.717, 1.165) is 39.0 Å². The second-order valence-electron chi connectivity index (χ2n) is 28.1. The lowest BCUT2D eigenvalue weighted by atomic mass is 9.85. The average molecular weight is 1390 g/mol. The highest BCUT2D eigenvalue weighted by molar-refractivity contribution is 7.27. The van der Waals surface area contributed by atoms with Crippen LogP contribution in [0.1, 0.15) is 0 Å².